The maximum atomic E-state index is 12.8. The van der Waals surface area contributed by atoms with Crippen LogP contribution in [0.15, 0.2) is 18.2 Å². The van der Waals surface area contributed by atoms with Crippen molar-refractivity contribution in [3.63, 3.8) is 0 Å². The summed E-state index contributed by atoms with van der Waals surface area (Å²) in [4.78, 5) is 30.4. The Morgan fingerprint density at radius 3 is 2.22 bits per heavy atom. The van der Waals surface area contributed by atoms with E-state index in [0.29, 0.717) is 35.3 Å². The predicted molar refractivity (Wildman–Crippen MR) is 121 cm³/mol. The number of aromatic amines is 1. The number of rotatable bonds is 8. The van der Waals surface area contributed by atoms with E-state index in [4.69, 9.17) is 0 Å². The molecule has 2 amide bonds. The van der Waals surface area contributed by atoms with Gasteiger partial charge in [0, 0.05) is 44.6 Å². The topological polar surface area (TPSA) is 86.9 Å². The molecule has 1 aromatic heterocycles. The second kappa shape index (κ2) is 11.7. The minimum Gasteiger partial charge on any atom is -0.352 e. The molecule has 1 atom stereocenters. The molecule has 1 heterocycles. The Kier molecular flexibility index (Phi) is 9.06. The first-order valence-electron chi connectivity index (χ1n) is 12.1. The van der Waals surface area contributed by atoms with Crippen LogP contribution < -0.4 is 10.6 Å². The number of benzene rings is 1. The maximum Gasteiger partial charge on any atom is 0.389 e. The number of imidazole rings is 1. The summed E-state index contributed by atoms with van der Waals surface area (Å²) in [5.41, 5.74) is 1.87. The molecule has 6 nitrogen and oxygen atoms in total. The smallest absolute Gasteiger partial charge is 0.352 e. The van der Waals surface area contributed by atoms with Gasteiger partial charge in [-0.2, -0.15) is 13.2 Å². The molecule has 0 saturated heterocycles. The molecule has 37 heavy (non-hydrogen) atoms. The highest BCUT2D eigenvalue weighted by Crippen LogP contribution is 2.50. The van der Waals surface area contributed by atoms with Gasteiger partial charge in [-0.05, 0) is 30.5 Å². The Morgan fingerprint density at radius 1 is 1.00 bits per heavy atom. The van der Waals surface area contributed by atoms with Crippen molar-refractivity contribution in [1.82, 2.24) is 20.6 Å². The third-order valence-corrected chi connectivity index (χ3v) is 6.15. The Hall–Kier alpha value is -2.86. The van der Waals surface area contributed by atoms with E-state index in [9.17, 15) is 40.3 Å². The van der Waals surface area contributed by atoms with Gasteiger partial charge in [0.05, 0.1) is 24.0 Å². The second-order valence-corrected chi connectivity index (χ2v) is 9.49. The lowest BCUT2D eigenvalue weighted by molar-refractivity contribution is -0.144. The SMILES string of the molecule is FC1(F)CCCCC1.O=C(CCC(F)(F)F)NCc1ccc2nc(CNC(=O)CC3CC3(F)F)[nH]c2c1. The van der Waals surface area contributed by atoms with E-state index in [1.165, 1.54) is 0 Å². The van der Waals surface area contributed by atoms with Crippen LogP contribution in [0.5, 0.6) is 0 Å². The average molecular weight is 539 g/mol. The molecular formula is C24H29F7N4O2. The van der Waals surface area contributed by atoms with Crippen LogP contribution in [0.2, 0.25) is 0 Å². The molecule has 0 aliphatic heterocycles. The predicted octanol–water partition coefficient (Wildman–Crippen LogP) is 5.77. The number of hydrogen-bond acceptors (Lipinski definition) is 3. The van der Waals surface area contributed by atoms with Crippen molar-refractivity contribution in [2.75, 3.05) is 0 Å². The zero-order chi connectivity index (χ0) is 27.3. The largest absolute Gasteiger partial charge is 0.389 e. The molecule has 206 valence electrons. The fourth-order valence-electron chi connectivity index (χ4n) is 3.89. The fourth-order valence-corrected chi connectivity index (χ4v) is 3.89. The highest BCUT2D eigenvalue weighted by molar-refractivity contribution is 5.78. The van der Waals surface area contributed by atoms with Gasteiger partial charge < -0.3 is 15.6 Å². The van der Waals surface area contributed by atoms with Gasteiger partial charge in [0.1, 0.15) is 5.82 Å². The van der Waals surface area contributed by atoms with E-state index in [2.05, 4.69) is 20.6 Å². The molecule has 1 aromatic carbocycles. The van der Waals surface area contributed by atoms with Crippen LogP contribution in [0.4, 0.5) is 30.7 Å². The van der Waals surface area contributed by atoms with E-state index in [1.54, 1.807) is 18.2 Å². The third-order valence-electron chi connectivity index (χ3n) is 6.15. The summed E-state index contributed by atoms with van der Waals surface area (Å²) in [6, 6.07) is 5.02. The molecule has 2 fully saturated rings. The van der Waals surface area contributed by atoms with E-state index in [0.717, 1.165) is 6.42 Å². The van der Waals surface area contributed by atoms with E-state index in [-0.39, 0.29) is 38.8 Å². The number of halogens is 7. The van der Waals surface area contributed by atoms with Crippen molar-refractivity contribution in [2.45, 2.75) is 88.9 Å². The first kappa shape index (κ1) is 28.7. The first-order valence-corrected chi connectivity index (χ1v) is 12.1. The number of H-pyrrole nitrogens is 1. The molecule has 2 aromatic rings. The van der Waals surface area contributed by atoms with Crippen molar-refractivity contribution in [2.24, 2.45) is 5.92 Å². The Morgan fingerprint density at radius 2 is 1.65 bits per heavy atom. The monoisotopic (exact) mass is 538 g/mol. The van der Waals surface area contributed by atoms with Gasteiger partial charge in [-0.15, -0.1) is 0 Å². The van der Waals surface area contributed by atoms with Crippen LogP contribution in [-0.4, -0.2) is 39.8 Å². The van der Waals surface area contributed by atoms with Gasteiger partial charge in [-0.25, -0.2) is 22.5 Å². The summed E-state index contributed by atoms with van der Waals surface area (Å²) in [6.45, 7) is 0.114. The summed E-state index contributed by atoms with van der Waals surface area (Å²) in [6.07, 6.45) is -4.02. The van der Waals surface area contributed by atoms with Crippen molar-refractivity contribution in [1.29, 1.82) is 0 Å². The first-order chi connectivity index (χ1) is 17.2. The van der Waals surface area contributed by atoms with Crippen LogP contribution in [0.25, 0.3) is 11.0 Å². The zero-order valence-electron chi connectivity index (χ0n) is 20.0. The number of fused-ring (bicyclic) bond motifs is 1. The number of hydrogen-bond donors (Lipinski definition) is 3. The summed E-state index contributed by atoms with van der Waals surface area (Å²) >= 11 is 0. The van der Waals surface area contributed by atoms with Crippen LogP contribution in [0.3, 0.4) is 0 Å². The van der Waals surface area contributed by atoms with Crippen molar-refractivity contribution in [3.8, 4) is 0 Å². The summed E-state index contributed by atoms with van der Waals surface area (Å²) in [7, 11) is 0. The molecule has 0 bridgehead atoms. The van der Waals surface area contributed by atoms with Gasteiger partial charge in [0.15, 0.2) is 0 Å². The fraction of sp³-hybridized carbons (Fsp3) is 0.625. The minimum absolute atomic E-state index is 0.0509. The van der Waals surface area contributed by atoms with E-state index < -0.39 is 48.6 Å². The molecule has 2 saturated carbocycles. The second-order valence-electron chi connectivity index (χ2n) is 9.49. The van der Waals surface area contributed by atoms with Gasteiger partial charge in [0.2, 0.25) is 17.7 Å². The molecular weight excluding hydrogens is 509 g/mol. The number of aromatic nitrogens is 2. The summed E-state index contributed by atoms with van der Waals surface area (Å²) < 4.78 is 86.4. The van der Waals surface area contributed by atoms with Gasteiger partial charge in [-0.3, -0.25) is 9.59 Å². The summed E-state index contributed by atoms with van der Waals surface area (Å²) in [5, 5.41) is 4.96. The number of nitrogens with zero attached hydrogens (tertiary/aromatic N) is 1. The Balaban J connectivity index is 0.000000405. The molecule has 0 radical (unpaired) electrons. The lowest BCUT2D eigenvalue weighted by Crippen LogP contribution is -2.24. The van der Waals surface area contributed by atoms with Gasteiger partial charge >= 0.3 is 6.18 Å². The minimum atomic E-state index is -4.38. The quantitative estimate of drug-likeness (QED) is 0.373. The number of nitrogens with one attached hydrogen (secondary N) is 3. The Labute approximate surface area is 208 Å². The van der Waals surface area contributed by atoms with E-state index in [1.807, 2.05) is 0 Å². The number of carbonyl (C=O) groups is 2. The highest BCUT2D eigenvalue weighted by atomic mass is 19.4. The third kappa shape index (κ3) is 9.84. The molecule has 2 aliphatic carbocycles. The normalized spacial score (nSPS) is 20.0. The van der Waals surface area contributed by atoms with Crippen LogP contribution in [0.1, 0.15) is 69.2 Å². The van der Waals surface area contributed by atoms with Crippen LogP contribution >= 0.6 is 0 Å². The zero-order valence-corrected chi connectivity index (χ0v) is 20.0. The van der Waals surface area contributed by atoms with Crippen molar-refractivity contribution >= 4 is 22.8 Å². The number of carbonyl (C=O) groups excluding carboxylic acids is 2. The van der Waals surface area contributed by atoms with Crippen LogP contribution in [-0.2, 0) is 22.7 Å². The molecule has 0 spiro atoms. The molecule has 3 N–H and O–H groups in total. The number of alkyl halides is 7. The summed E-state index contributed by atoms with van der Waals surface area (Å²) in [5.74, 6) is -6.70. The Bertz CT molecular complexity index is 1080. The van der Waals surface area contributed by atoms with E-state index >= 15 is 0 Å². The van der Waals surface area contributed by atoms with Gasteiger partial charge in [0.25, 0.3) is 5.92 Å². The average Bonchev–Trinajstić information content (AvgIpc) is 3.21. The lowest BCUT2D eigenvalue weighted by atomic mass is 9.97. The van der Waals surface area contributed by atoms with Crippen LogP contribution in [0, 0.1) is 5.92 Å². The molecule has 13 heteroatoms. The molecule has 2 aliphatic rings. The maximum absolute atomic E-state index is 12.8. The van der Waals surface area contributed by atoms with Crippen molar-refractivity contribution in [3.05, 3.63) is 29.6 Å². The molecule has 4 rings (SSSR count). The number of amides is 2. The standard InChI is InChI=1S/C18H19F5N4O2.C6H10F2/c19-17(20)7-11(17)6-16(29)25-9-14-26-12-2-1-10(5-13(12)27-14)8-24-15(28)3-4-18(21,22)23;7-6(8)4-2-1-3-5-6/h1-2,5,11H,3-4,6-9H2,(H,24,28)(H,25,29)(H,26,27);1-5H2. The molecule has 1 unspecified atom stereocenters. The lowest BCUT2D eigenvalue weighted by Gasteiger charge is -2.20. The highest BCUT2D eigenvalue weighted by Gasteiger charge is 2.57. The van der Waals surface area contributed by atoms with Crippen molar-refractivity contribution < 1.29 is 40.3 Å². The van der Waals surface area contributed by atoms with Gasteiger partial charge in [-0.1, -0.05) is 12.5 Å².